The molecular formula is C33H33Cl2N3O4S. The summed E-state index contributed by atoms with van der Waals surface area (Å²) in [7, 11) is -4.21. The SMILES string of the molecule is CCNC(=O)C(Cc1ccccc1)N(Cc1cccc(Cl)c1)C(=O)CN(c1cccc(C)c1)S(=O)(=O)c1ccc(Cl)cc1. The molecule has 0 saturated carbocycles. The normalized spacial score (nSPS) is 11.9. The second kappa shape index (κ2) is 14.6. The highest BCUT2D eigenvalue weighted by molar-refractivity contribution is 7.92. The van der Waals surface area contributed by atoms with Crippen LogP contribution in [0.1, 0.15) is 23.6 Å². The van der Waals surface area contributed by atoms with Crippen LogP contribution in [0.4, 0.5) is 5.69 Å². The summed E-state index contributed by atoms with van der Waals surface area (Å²) >= 11 is 12.3. The summed E-state index contributed by atoms with van der Waals surface area (Å²) in [6, 6.07) is 28.2. The van der Waals surface area contributed by atoms with E-state index in [2.05, 4.69) is 5.32 Å². The van der Waals surface area contributed by atoms with Gasteiger partial charge < -0.3 is 10.2 Å². The Balaban J connectivity index is 1.80. The van der Waals surface area contributed by atoms with Gasteiger partial charge in [0.1, 0.15) is 12.6 Å². The van der Waals surface area contributed by atoms with Crippen LogP contribution >= 0.6 is 23.2 Å². The molecule has 43 heavy (non-hydrogen) atoms. The number of halogens is 2. The third kappa shape index (κ3) is 8.38. The predicted molar refractivity (Wildman–Crippen MR) is 172 cm³/mol. The molecule has 0 radical (unpaired) electrons. The van der Waals surface area contributed by atoms with Crippen molar-refractivity contribution in [2.24, 2.45) is 0 Å². The van der Waals surface area contributed by atoms with E-state index in [1.165, 1.54) is 29.2 Å². The van der Waals surface area contributed by atoms with E-state index >= 15 is 0 Å². The molecule has 1 N–H and O–H groups in total. The minimum absolute atomic E-state index is 0.0165. The summed E-state index contributed by atoms with van der Waals surface area (Å²) in [5, 5.41) is 3.71. The Hall–Kier alpha value is -3.85. The van der Waals surface area contributed by atoms with Gasteiger partial charge in [0, 0.05) is 29.6 Å². The lowest BCUT2D eigenvalue weighted by Crippen LogP contribution is -2.53. The Morgan fingerprint density at radius 1 is 0.814 bits per heavy atom. The number of carbonyl (C=O) groups excluding carboxylic acids is 2. The van der Waals surface area contributed by atoms with Gasteiger partial charge in [0.15, 0.2) is 0 Å². The highest BCUT2D eigenvalue weighted by atomic mass is 35.5. The van der Waals surface area contributed by atoms with Gasteiger partial charge in [0.2, 0.25) is 11.8 Å². The third-order valence-corrected chi connectivity index (χ3v) is 9.11. The lowest BCUT2D eigenvalue weighted by molar-refractivity contribution is -0.140. The van der Waals surface area contributed by atoms with Gasteiger partial charge in [-0.3, -0.25) is 13.9 Å². The molecule has 0 aliphatic heterocycles. The summed E-state index contributed by atoms with van der Waals surface area (Å²) in [5.41, 5.74) is 2.70. The molecule has 0 aromatic heterocycles. The minimum atomic E-state index is -4.21. The van der Waals surface area contributed by atoms with E-state index < -0.39 is 28.5 Å². The second-order valence-corrected chi connectivity index (χ2v) is 12.8. The first-order chi connectivity index (χ1) is 20.6. The van der Waals surface area contributed by atoms with Crippen LogP contribution in [0.2, 0.25) is 10.0 Å². The number of hydrogen-bond acceptors (Lipinski definition) is 4. The molecule has 2 amide bonds. The van der Waals surface area contributed by atoms with Crippen molar-refractivity contribution in [1.29, 1.82) is 0 Å². The first kappa shape index (κ1) is 32.1. The quantitative estimate of drug-likeness (QED) is 0.198. The van der Waals surface area contributed by atoms with Crippen LogP contribution in [0.25, 0.3) is 0 Å². The molecular weight excluding hydrogens is 605 g/mol. The molecule has 4 rings (SSSR count). The maximum absolute atomic E-state index is 14.4. The molecule has 0 saturated heterocycles. The fourth-order valence-electron chi connectivity index (χ4n) is 4.72. The summed E-state index contributed by atoms with van der Waals surface area (Å²) in [5.74, 6) is -0.893. The highest BCUT2D eigenvalue weighted by Crippen LogP contribution is 2.27. The molecule has 4 aromatic rings. The van der Waals surface area contributed by atoms with E-state index in [4.69, 9.17) is 23.2 Å². The molecule has 224 valence electrons. The van der Waals surface area contributed by atoms with Gasteiger partial charge in [-0.1, -0.05) is 77.8 Å². The zero-order valence-corrected chi connectivity index (χ0v) is 26.2. The van der Waals surface area contributed by atoms with Crippen molar-refractivity contribution in [3.05, 3.63) is 130 Å². The van der Waals surface area contributed by atoms with Gasteiger partial charge in [-0.15, -0.1) is 0 Å². The van der Waals surface area contributed by atoms with E-state index in [9.17, 15) is 18.0 Å². The van der Waals surface area contributed by atoms with Crippen molar-refractivity contribution in [2.45, 2.75) is 37.8 Å². The van der Waals surface area contributed by atoms with E-state index in [1.54, 1.807) is 43.3 Å². The lowest BCUT2D eigenvalue weighted by Gasteiger charge is -2.34. The van der Waals surface area contributed by atoms with Crippen LogP contribution in [0, 0.1) is 6.92 Å². The molecule has 0 heterocycles. The number of sulfonamides is 1. The molecule has 0 aliphatic carbocycles. The van der Waals surface area contributed by atoms with Gasteiger partial charge in [0.25, 0.3) is 10.0 Å². The van der Waals surface area contributed by atoms with Crippen molar-refractivity contribution < 1.29 is 18.0 Å². The van der Waals surface area contributed by atoms with Crippen molar-refractivity contribution in [3.8, 4) is 0 Å². The third-order valence-electron chi connectivity index (χ3n) is 6.83. The number of anilines is 1. The number of nitrogens with one attached hydrogen (secondary N) is 1. The van der Waals surface area contributed by atoms with E-state index in [1.807, 2.05) is 49.4 Å². The summed E-state index contributed by atoms with van der Waals surface area (Å²) in [6.07, 6.45) is 0.230. The summed E-state index contributed by atoms with van der Waals surface area (Å²) in [6.45, 7) is 3.51. The Kier molecular flexibility index (Phi) is 10.9. The topological polar surface area (TPSA) is 86.8 Å². The fraction of sp³-hybridized carbons (Fsp3) is 0.212. The maximum atomic E-state index is 14.4. The van der Waals surface area contributed by atoms with Crippen LogP contribution in [-0.4, -0.2) is 44.3 Å². The number of carbonyl (C=O) groups is 2. The standard InChI is InChI=1S/C33H33Cl2N3O4S/c1-3-36-33(40)31(21-25-10-5-4-6-11-25)37(22-26-12-8-13-28(35)20-26)32(39)23-38(29-14-7-9-24(2)19-29)43(41,42)30-17-15-27(34)16-18-30/h4-20,31H,3,21-23H2,1-2H3,(H,36,40). The minimum Gasteiger partial charge on any atom is -0.355 e. The second-order valence-electron chi connectivity index (χ2n) is 10.1. The highest BCUT2D eigenvalue weighted by Gasteiger charge is 2.34. The van der Waals surface area contributed by atoms with Crippen LogP contribution in [0.15, 0.2) is 108 Å². The lowest BCUT2D eigenvalue weighted by atomic mass is 10.0. The van der Waals surface area contributed by atoms with Gasteiger partial charge in [0.05, 0.1) is 10.6 Å². The van der Waals surface area contributed by atoms with E-state index in [-0.39, 0.29) is 23.8 Å². The Bertz CT molecular complexity index is 1670. The smallest absolute Gasteiger partial charge is 0.264 e. The molecule has 0 spiro atoms. The van der Waals surface area contributed by atoms with Crippen LogP contribution in [0.3, 0.4) is 0 Å². The first-order valence-electron chi connectivity index (χ1n) is 13.8. The molecule has 7 nitrogen and oxygen atoms in total. The van der Waals surface area contributed by atoms with Crippen molar-refractivity contribution in [3.63, 3.8) is 0 Å². The zero-order valence-electron chi connectivity index (χ0n) is 23.9. The number of amides is 2. The molecule has 4 aromatic carbocycles. The largest absolute Gasteiger partial charge is 0.355 e. The fourth-order valence-corrected chi connectivity index (χ4v) is 6.47. The van der Waals surface area contributed by atoms with Crippen molar-refractivity contribution >= 4 is 50.7 Å². The van der Waals surface area contributed by atoms with E-state index in [0.29, 0.717) is 27.8 Å². The van der Waals surface area contributed by atoms with Crippen LogP contribution < -0.4 is 9.62 Å². The molecule has 1 atom stereocenters. The van der Waals surface area contributed by atoms with Gasteiger partial charge in [-0.25, -0.2) is 8.42 Å². The summed E-state index contributed by atoms with van der Waals surface area (Å²) < 4.78 is 29.1. The number of likely N-dealkylation sites (N-methyl/N-ethyl adjacent to an activating group) is 1. The number of hydrogen-bond donors (Lipinski definition) is 1. The maximum Gasteiger partial charge on any atom is 0.264 e. The predicted octanol–water partition coefficient (Wildman–Crippen LogP) is 6.27. The Morgan fingerprint density at radius 2 is 1.49 bits per heavy atom. The number of rotatable bonds is 12. The zero-order chi connectivity index (χ0) is 31.0. The Morgan fingerprint density at radius 3 is 2.14 bits per heavy atom. The monoisotopic (exact) mass is 637 g/mol. The average molecular weight is 639 g/mol. The molecule has 0 bridgehead atoms. The van der Waals surface area contributed by atoms with Gasteiger partial charge >= 0.3 is 0 Å². The molecule has 0 fully saturated rings. The average Bonchev–Trinajstić information content (AvgIpc) is 2.98. The van der Waals surface area contributed by atoms with E-state index in [0.717, 1.165) is 15.4 Å². The van der Waals surface area contributed by atoms with Gasteiger partial charge in [-0.05, 0) is 79.1 Å². The van der Waals surface area contributed by atoms with Crippen LogP contribution in [-0.2, 0) is 32.6 Å². The first-order valence-corrected chi connectivity index (χ1v) is 16.0. The number of benzene rings is 4. The van der Waals surface area contributed by atoms with Gasteiger partial charge in [-0.2, -0.15) is 0 Å². The number of nitrogens with zero attached hydrogens (tertiary/aromatic N) is 2. The van der Waals surface area contributed by atoms with Crippen molar-refractivity contribution in [1.82, 2.24) is 10.2 Å². The number of aryl methyl sites for hydroxylation is 1. The Labute approximate surface area is 263 Å². The molecule has 0 aliphatic rings. The molecule has 10 heteroatoms. The molecule has 1 unspecified atom stereocenters. The van der Waals surface area contributed by atoms with Crippen molar-refractivity contribution in [2.75, 3.05) is 17.4 Å². The van der Waals surface area contributed by atoms with Crippen LogP contribution in [0.5, 0.6) is 0 Å². The summed E-state index contributed by atoms with van der Waals surface area (Å²) in [4.78, 5) is 29.3.